The Labute approximate surface area is 117 Å². The van der Waals surface area contributed by atoms with E-state index in [9.17, 15) is 13.9 Å². The number of rotatable bonds is 4. The van der Waals surface area contributed by atoms with Crippen molar-refractivity contribution in [3.8, 4) is 0 Å². The van der Waals surface area contributed by atoms with E-state index < -0.39 is 17.7 Å². The molecule has 2 aromatic rings. The third-order valence-electron chi connectivity index (χ3n) is 3.51. The first-order valence-electron chi connectivity index (χ1n) is 6.73. The van der Waals surface area contributed by atoms with Gasteiger partial charge in [-0.05, 0) is 36.1 Å². The van der Waals surface area contributed by atoms with Crippen molar-refractivity contribution in [2.45, 2.75) is 32.8 Å². The maximum atomic E-state index is 13.9. The molecule has 0 aliphatic heterocycles. The highest BCUT2D eigenvalue weighted by molar-refractivity contribution is 5.30. The molecule has 0 radical (unpaired) electrons. The van der Waals surface area contributed by atoms with Gasteiger partial charge in [0, 0.05) is 6.42 Å². The van der Waals surface area contributed by atoms with E-state index in [2.05, 4.69) is 6.92 Å². The first-order chi connectivity index (χ1) is 9.52. The molecule has 3 heteroatoms. The van der Waals surface area contributed by atoms with Crippen molar-refractivity contribution in [2.24, 2.45) is 0 Å². The number of hydrogen-bond donors (Lipinski definition) is 1. The standard InChI is InChI=1S/C17H18F2O/c1-3-12-5-7-13(8-6-12)10-15(20)16-14(18)9-4-11(2)17(16)19/h4-9,15,20H,3,10H2,1-2H3. The van der Waals surface area contributed by atoms with E-state index in [1.54, 1.807) is 6.92 Å². The molecule has 0 amide bonds. The van der Waals surface area contributed by atoms with Crippen molar-refractivity contribution in [3.05, 3.63) is 70.3 Å². The third-order valence-corrected chi connectivity index (χ3v) is 3.51. The molecule has 1 nitrogen and oxygen atoms in total. The largest absolute Gasteiger partial charge is 0.388 e. The van der Waals surface area contributed by atoms with Crippen LogP contribution in [0.3, 0.4) is 0 Å². The minimum absolute atomic E-state index is 0.196. The predicted octanol–water partition coefficient (Wildman–Crippen LogP) is 4.11. The summed E-state index contributed by atoms with van der Waals surface area (Å²) < 4.78 is 27.6. The molecule has 0 saturated carbocycles. The number of hydrogen-bond acceptors (Lipinski definition) is 1. The Morgan fingerprint density at radius 3 is 2.20 bits per heavy atom. The smallest absolute Gasteiger partial charge is 0.134 e. The summed E-state index contributed by atoms with van der Waals surface area (Å²) in [6, 6.07) is 10.3. The van der Waals surface area contributed by atoms with Crippen molar-refractivity contribution in [1.29, 1.82) is 0 Å². The van der Waals surface area contributed by atoms with Crippen LogP contribution in [0.15, 0.2) is 36.4 Å². The molecule has 0 bridgehead atoms. The van der Waals surface area contributed by atoms with Gasteiger partial charge < -0.3 is 5.11 Å². The van der Waals surface area contributed by atoms with Gasteiger partial charge in [0.15, 0.2) is 0 Å². The topological polar surface area (TPSA) is 20.2 Å². The lowest BCUT2D eigenvalue weighted by atomic mass is 9.98. The monoisotopic (exact) mass is 276 g/mol. The predicted molar refractivity (Wildman–Crippen MR) is 75.6 cm³/mol. The highest BCUT2D eigenvalue weighted by atomic mass is 19.1. The summed E-state index contributed by atoms with van der Waals surface area (Å²) >= 11 is 0. The Kier molecular flexibility index (Phi) is 4.50. The zero-order valence-corrected chi connectivity index (χ0v) is 11.7. The highest BCUT2D eigenvalue weighted by Crippen LogP contribution is 2.26. The van der Waals surface area contributed by atoms with Crippen LogP contribution in [0.25, 0.3) is 0 Å². The van der Waals surface area contributed by atoms with E-state index in [1.165, 1.54) is 17.7 Å². The van der Waals surface area contributed by atoms with Gasteiger partial charge in [-0.15, -0.1) is 0 Å². The molecule has 20 heavy (non-hydrogen) atoms. The van der Waals surface area contributed by atoms with E-state index in [1.807, 2.05) is 24.3 Å². The van der Waals surface area contributed by atoms with Gasteiger partial charge in [0.1, 0.15) is 11.6 Å². The van der Waals surface area contributed by atoms with Crippen molar-refractivity contribution in [2.75, 3.05) is 0 Å². The summed E-state index contributed by atoms with van der Waals surface area (Å²) in [6.45, 7) is 3.61. The lowest BCUT2D eigenvalue weighted by Crippen LogP contribution is -2.08. The highest BCUT2D eigenvalue weighted by Gasteiger charge is 2.19. The summed E-state index contributed by atoms with van der Waals surface area (Å²) in [5.74, 6) is -1.37. The molecule has 0 spiro atoms. The van der Waals surface area contributed by atoms with Gasteiger partial charge in [-0.1, -0.05) is 37.3 Å². The summed E-state index contributed by atoms with van der Waals surface area (Å²) in [5, 5.41) is 10.1. The molecule has 0 fully saturated rings. The number of benzene rings is 2. The van der Waals surface area contributed by atoms with Crippen LogP contribution in [0.4, 0.5) is 8.78 Å². The molecule has 1 atom stereocenters. The fourth-order valence-electron chi connectivity index (χ4n) is 2.22. The van der Waals surface area contributed by atoms with Crippen molar-refractivity contribution in [3.63, 3.8) is 0 Å². The van der Waals surface area contributed by atoms with Gasteiger partial charge in [0.25, 0.3) is 0 Å². The van der Waals surface area contributed by atoms with Crippen molar-refractivity contribution in [1.82, 2.24) is 0 Å². The minimum Gasteiger partial charge on any atom is -0.388 e. The van der Waals surface area contributed by atoms with Crippen LogP contribution in [-0.2, 0) is 12.8 Å². The lowest BCUT2D eigenvalue weighted by molar-refractivity contribution is 0.168. The molecule has 2 rings (SSSR count). The van der Waals surface area contributed by atoms with Crippen LogP contribution in [-0.4, -0.2) is 5.11 Å². The van der Waals surface area contributed by atoms with Crippen molar-refractivity contribution >= 4 is 0 Å². The summed E-state index contributed by atoms with van der Waals surface area (Å²) in [6.07, 6.45) is -0.0481. The second-order valence-corrected chi connectivity index (χ2v) is 4.98. The Balaban J connectivity index is 2.23. The van der Waals surface area contributed by atoms with Crippen LogP contribution < -0.4 is 0 Å². The Hall–Kier alpha value is -1.74. The Morgan fingerprint density at radius 2 is 1.60 bits per heavy atom. The maximum absolute atomic E-state index is 13.9. The lowest BCUT2D eigenvalue weighted by Gasteiger charge is -2.14. The molecule has 2 aromatic carbocycles. The van der Waals surface area contributed by atoms with Gasteiger partial charge in [0.2, 0.25) is 0 Å². The molecule has 1 N–H and O–H groups in total. The molecule has 1 unspecified atom stereocenters. The third kappa shape index (κ3) is 3.05. The van der Waals surface area contributed by atoms with E-state index >= 15 is 0 Å². The fourth-order valence-corrected chi connectivity index (χ4v) is 2.22. The first kappa shape index (κ1) is 14.7. The minimum atomic E-state index is -1.18. The molecular weight excluding hydrogens is 258 g/mol. The summed E-state index contributed by atoms with van der Waals surface area (Å²) in [7, 11) is 0. The average molecular weight is 276 g/mol. The van der Waals surface area contributed by atoms with Crippen LogP contribution in [0.1, 0.15) is 35.3 Å². The normalized spacial score (nSPS) is 12.4. The Bertz CT molecular complexity index is 591. The average Bonchev–Trinajstić information content (AvgIpc) is 2.44. The van der Waals surface area contributed by atoms with Gasteiger partial charge in [-0.3, -0.25) is 0 Å². The van der Waals surface area contributed by atoms with Crippen LogP contribution >= 0.6 is 0 Å². The molecule has 0 aromatic heterocycles. The van der Waals surface area contributed by atoms with E-state index in [-0.39, 0.29) is 12.0 Å². The number of aryl methyl sites for hydroxylation is 2. The molecular formula is C17H18F2O. The number of aliphatic hydroxyl groups excluding tert-OH is 1. The molecule has 106 valence electrons. The van der Waals surface area contributed by atoms with Crippen LogP contribution in [0.2, 0.25) is 0 Å². The molecule has 0 saturated heterocycles. The SMILES string of the molecule is CCc1ccc(CC(O)c2c(F)ccc(C)c2F)cc1. The summed E-state index contributed by atoms with van der Waals surface area (Å²) in [4.78, 5) is 0. The zero-order chi connectivity index (χ0) is 14.7. The van der Waals surface area contributed by atoms with Crippen LogP contribution in [0.5, 0.6) is 0 Å². The van der Waals surface area contributed by atoms with Gasteiger partial charge in [-0.25, -0.2) is 8.78 Å². The number of halogens is 2. The van der Waals surface area contributed by atoms with Gasteiger partial charge in [0.05, 0.1) is 11.7 Å². The van der Waals surface area contributed by atoms with Crippen molar-refractivity contribution < 1.29 is 13.9 Å². The van der Waals surface area contributed by atoms with Crippen LogP contribution in [0, 0.1) is 18.6 Å². The van der Waals surface area contributed by atoms with E-state index in [0.29, 0.717) is 5.56 Å². The van der Waals surface area contributed by atoms with Gasteiger partial charge in [-0.2, -0.15) is 0 Å². The quantitative estimate of drug-likeness (QED) is 0.891. The first-order valence-corrected chi connectivity index (χ1v) is 6.73. The zero-order valence-electron chi connectivity index (χ0n) is 11.7. The van der Waals surface area contributed by atoms with Gasteiger partial charge >= 0.3 is 0 Å². The molecule has 0 heterocycles. The second kappa shape index (κ2) is 6.14. The number of aliphatic hydroxyl groups is 1. The molecule has 0 aliphatic rings. The van der Waals surface area contributed by atoms with E-state index in [4.69, 9.17) is 0 Å². The second-order valence-electron chi connectivity index (χ2n) is 4.98. The summed E-state index contributed by atoms with van der Waals surface area (Å²) in [5.41, 5.74) is 2.14. The molecule has 0 aliphatic carbocycles. The Morgan fingerprint density at radius 1 is 1.00 bits per heavy atom. The maximum Gasteiger partial charge on any atom is 0.134 e. The fraction of sp³-hybridized carbons (Fsp3) is 0.294. The van der Waals surface area contributed by atoms with E-state index in [0.717, 1.165) is 12.0 Å².